The van der Waals surface area contributed by atoms with Gasteiger partial charge in [-0.1, -0.05) is 0 Å². The van der Waals surface area contributed by atoms with Crippen LogP contribution in [-0.4, -0.2) is 7.05 Å². The molecule has 2 heteroatoms. The Morgan fingerprint density at radius 2 is 2.33 bits per heavy atom. The van der Waals surface area contributed by atoms with Gasteiger partial charge in [0.25, 0.3) is 0 Å². The third-order valence-corrected chi connectivity index (χ3v) is 1.72. The molecular weight excluding hydrogens is 225 g/mol. The molecule has 0 unspecified atom stereocenters. The SMILES string of the molecule is CNc1[c]cc(I)cc1. The van der Waals surface area contributed by atoms with Gasteiger partial charge in [0.05, 0.1) is 0 Å². The first-order valence-corrected chi connectivity index (χ1v) is 3.76. The van der Waals surface area contributed by atoms with Crippen molar-refractivity contribution in [3.05, 3.63) is 27.8 Å². The zero-order chi connectivity index (χ0) is 6.69. The van der Waals surface area contributed by atoms with Gasteiger partial charge in [-0.3, -0.25) is 0 Å². The summed E-state index contributed by atoms with van der Waals surface area (Å²) < 4.78 is 1.21. The van der Waals surface area contributed by atoms with E-state index in [4.69, 9.17) is 0 Å². The molecule has 0 bridgehead atoms. The highest BCUT2D eigenvalue weighted by Crippen LogP contribution is 2.08. The average Bonchev–Trinajstić information content (AvgIpc) is 1.90. The fourth-order valence-electron chi connectivity index (χ4n) is 0.561. The van der Waals surface area contributed by atoms with Gasteiger partial charge in [0.2, 0.25) is 0 Å². The number of hydrogen-bond acceptors (Lipinski definition) is 1. The lowest BCUT2D eigenvalue weighted by molar-refractivity contribution is 1.49. The van der Waals surface area contributed by atoms with Crippen molar-refractivity contribution in [2.24, 2.45) is 0 Å². The first kappa shape index (κ1) is 6.86. The molecule has 0 saturated carbocycles. The molecule has 1 aromatic rings. The van der Waals surface area contributed by atoms with Crippen LogP contribution in [-0.2, 0) is 0 Å². The van der Waals surface area contributed by atoms with Crippen molar-refractivity contribution in [3.8, 4) is 0 Å². The number of anilines is 1. The predicted octanol–water partition coefficient (Wildman–Crippen LogP) is 2.13. The lowest BCUT2D eigenvalue weighted by atomic mass is 10.3. The molecule has 1 nitrogen and oxygen atoms in total. The molecule has 0 atom stereocenters. The summed E-state index contributed by atoms with van der Waals surface area (Å²) in [5.41, 5.74) is 1.04. The first-order valence-electron chi connectivity index (χ1n) is 2.68. The van der Waals surface area contributed by atoms with Crippen LogP contribution >= 0.6 is 22.6 Å². The molecule has 0 saturated heterocycles. The summed E-state index contributed by atoms with van der Waals surface area (Å²) in [6, 6.07) is 9.06. The van der Waals surface area contributed by atoms with E-state index >= 15 is 0 Å². The van der Waals surface area contributed by atoms with Crippen molar-refractivity contribution in [2.45, 2.75) is 0 Å². The van der Waals surface area contributed by atoms with E-state index in [1.165, 1.54) is 3.57 Å². The van der Waals surface area contributed by atoms with Crippen LogP contribution in [0.15, 0.2) is 18.2 Å². The Balaban J connectivity index is 2.88. The second kappa shape index (κ2) is 3.06. The second-order valence-electron chi connectivity index (χ2n) is 1.67. The number of halogens is 1. The number of benzene rings is 1. The van der Waals surface area contributed by atoms with Crippen LogP contribution in [0, 0.1) is 9.64 Å². The molecule has 1 radical (unpaired) electrons. The summed E-state index contributed by atoms with van der Waals surface area (Å²) in [4.78, 5) is 0. The Labute approximate surface area is 68.6 Å². The van der Waals surface area contributed by atoms with Crippen LogP contribution in [0.25, 0.3) is 0 Å². The van der Waals surface area contributed by atoms with Gasteiger partial charge in [0.1, 0.15) is 0 Å². The summed E-state index contributed by atoms with van der Waals surface area (Å²) in [7, 11) is 1.89. The molecule has 0 aliphatic rings. The lowest BCUT2D eigenvalue weighted by Gasteiger charge is -1.95. The van der Waals surface area contributed by atoms with Crippen molar-refractivity contribution in [1.29, 1.82) is 0 Å². The molecule has 1 N–H and O–H groups in total. The van der Waals surface area contributed by atoms with Crippen LogP contribution in [0.1, 0.15) is 0 Å². The van der Waals surface area contributed by atoms with Gasteiger partial charge >= 0.3 is 0 Å². The molecule has 0 fully saturated rings. The van der Waals surface area contributed by atoms with E-state index in [2.05, 4.69) is 34.0 Å². The topological polar surface area (TPSA) is 12.0 Å². The molecule has 0 amide bonds. The largest absolute Gasteiger partial charge is 0.388 e. The minimum absolute atomic E-state index is 1.04. The Morgan fingerprint density at radius 3 is 2.78 bits per heavy atom. The minimum Gasteiger partial charge on any atom is -0.388 e. The van der Waals surface area contributed by atoms with Gasteiger partial charge in [-0.15, -0.1) is 0 Å². The third-order valence-electron chi connectivity index (χ3n) is 1.04. The highest BCUT2D eigenvalue weighted by atomic mass is 127. The summed E-state index contributed by atoms with van der Waals surface area (Å²) in [6.45, 7) is 0. The van der Waals surface area contributed by atoms with Crippen LogP contribution in [0.5, 0.6) is 0 Å². The van der Waals surface area contributed by atoms with E-state index in [9.17, 15) is 0 Å². The van der Waals surface area contributed by atoms with E-state index in [0.717, 1.165) is 5.69 Å². The number of rotatable bonds is 1. The quantitative estimate of drug-likeness (QED) is 0.731. The van der Waals surface area contributed by atoms with E-state index in [0.29, 0.717) is 0 Å². The first-order chi connectivity index (χ1) is 4.33. The van der Waals surface area contributed by atoms with Crippen molar-refractivity contribution in [1.82, 2.24) is 0 Å². The van der Waals surface area contributed by atoms with E-state index < -0.39 is 0 Å². The molecule has 0 aromatic heterocycles. The highest BCUT2D eigenvalue weighted by Gasteiger charge is 1.85. The Morgan fingerprint density at radius 1 is 1.56 bits per heavy atom. The van der Waals surface area contributed by atoms with E-state index in [-0.39, 0.29) is 0 Å². The van der Waals surface area contributed by atoms with Crippen LogP contribution in [0.3, 0.4) is 0 Å². The van der Waals surface area contributed by atoms with Gasteiger partial charge in [-0.25, -0.2) is 0 Å². The third kappa shape index (κ3) is 1.86. The average molecular weight is 232 g/mol. The highest BCUT2D eigenvalue weighted by molar-refractivity contribution is 14.1. The van der Waals surface area contributed by atoms with Crippen LogP contribution in [0.4, 0.5) is 5.69 Å². The molecule has 0 aliphatic carbocycles. The van der Waals surface area contributed by atoms with Crippen molar-refractivity contribution >= 4 is 28.3 Å². The van der Waals surface area contributed by atoms with Crippen LogP contribution in [0.2, 0.25) is 0 Å². The van der Waals surface area contributed by atoms with Gasteiger partial charge in [-0.05, 0) is 40.8 Å². The molecule has 1 aromatic carbocycles. The zero-order valence-corrected chi connectivity index (χ0v) is 7.27. The molecule has 9 heavy (non-hydrogen) atoms. The lowest BCUT2D eigenvalue weighted by Crippen LogP contribution is -1.86. The molecule has 1 rings (SSSR count). The van der Waals surface area contributed by atoms with Crippen molar-refractivity contribution in [2.75, 3.05) is 12.4 Å². The van der Waals surface area contributed by atoms with Gasteiger partial charge < -0.3 is 5.32 Å². The number of nitrogens with one attached hydrogen (secondary N) is 1. The normalized spacial score (nSPS) is 9.11. The predicted molar refractivity (Wildman–Crippen MR) is 47.5 cm³/mol. The second-order valence-corrected chi connectivity index (χ2v) is 2.92. The molecule has 0 heterocycles. The van der Waals surface area contributed by atoms with Crippen molar-refractivity contribution < 1.29 is 0 Å². The van der Waals surface area contributed by atoms with Crippen molar-refractivity contribution in [3.63, 3.8) is 0 Å². The maximum Gasteiger partial charge on any atom is 0.0418 e. The number of hydrogen-bond donors (Lipinski definition) is 1. The molecule has 0 spiro atoms. The van der Waals surface area contributed by atoms with E-state index in [1.54, 1.807) is 0 Å². The summed E-state index contributed by atoms with van der Waals surface area (Å²) in [5, 5.41) is 3.00. The molecular formula is C7H7IN. The fourth-order valence-corrected chi connectivity index (χ4v) is 0.897. The van der Waals surface area contributed by atoms with E-state index in [1.807, 2.05) is 25.2 Å². The Hall–Kier alpha value is -0.250. The monoisotopic (exact) mass is 232 g/mol. The maximum atomic E-state index is 3.07. The van der Waals surface area contributed by atoms with Crippen LogP contribution < -0.4 is 5.32 Å². The summed E-state index contributed by atoms with van der Waals surface area (Å²) in [6.07, 6.45) is 0. The van der Waals surface area contributed by atoms with Gasteiger partial charge in [0.15, 0.2) is 0 Å². The molecule has 0 aliphatic heterocycles. The smallest absolute Gasteiger partial charge is 0.0418 e. The standard InChI is InChI=1S/C7H7IN/c1-9-7-4-2-6(8)3-5-7/h2-4,9H,1H3. The maximum absolute atomic E-state index is 3.07. The van der Waals surface area contributed by atoms with Gasteiger partial charge in [-0.2, -0.15) is 0 Å². The Kier molecular flexibility index (Phi) is 2.33. The fraction of sp³-hybridized carbons (Fsp3) is 0.143. The zero-order valence-electron chi connectivity index (χ0n) is 5.11. The molecule has 47 valence electrons. The Bertz CT molecular complexity index is 181. The summed E-state index contributed by atoms with van der Waals surface area (Å²) in [5.74, 6) is 0. The minimum atomic E-state index is 1.04. The summed E-state index contributed by atoms with van der Waals surface area (Å²) >= 11 is 2.25. The van der Waals surface area contributed by atoms with Gasteiger partial charge in [0, 0.05) is 22.4 Å².